The predicted molar refractivity (Wildman–Crippen MR) is 81.0 cm³/mol. The Morgan fingerprint density at radius 2 is 1.86 bits per heavy atom. The quantitative estimate of drug-likeness (QED) is 0.830. The van der Waals surface area contributed by atoms with Crippen LogP contribution in [0.3, 0.4) is 0 Å². The van der Waals surface area contributed by atoms with Crippen LogP contribution in [0.5, 0.6) is 5.75 Å². The van der Waals surface area contributed by atoms with Crippen LogP contribution < -0.4 is 10.2 Å². The van der Waals surface area contributed by atoms with Crippen molar-refractivity contribution >= 4 is 5.91 Å². The summed E-state index contributed by atoms with van der Waals surface area (Å²) in [5, 5.41) is 0. The van der Waals surface area contributed by atoms with Gasteiger partial charge in [0.1, 0.15) is 5.75 Å². The molecule has 2 aromatic carbocycles. The maximum Gasteiger partial charge on any atom is 0.251 e. The van der Waals surface area contributed by atoms with Crippen molar-refractivity contribution in [1.82, 2.24) is 5.48 Å². The molecular formula is C17H19NO3. The van der Waals surface area contributed by atoms with Crippen molar-refractivity contribution in [1.29, 1.82) is 0 Å². The zero-order valence-electron chi connectivity index (χ0n) is 12.2. The maximum absolute atomic E-state index is 12.3. The summed E-state index contributed by atoms with van der Waals surface area (Å²) < 4.78 is 5.23. The lowest BCUT2D eigenvalue weighted by atomic mass is 9.91. The van der Waals surface area contributed by atoms with E-state index in [1.165, 1.54) is 7.11 Å². The number of rotatable bonds is 6. The van der Waals surface area contributed by atoms with Gasteiger partial charge in [0.25, 0.3) is 5.91 Å². The minimum absolute atomic E-state index is 0.172. The maximum atomic E-state index is 12.3. The molecule has 1 unspecified atom stereocenters. The van der Waals surface area contributed by atoms with Crippen molar-refractivity contribution in [3.05, 3.63) is 65.7 Å². The van der Waals surface area contributed by atoms with Gasteiger partial charge in [-0.25, -0.2) is 5.48 Å². The fourth-order valence-electron chi connectivity index (χ4n) is 2.24. The first-order valence-electron chi connectivity index (χ1n) is 6.75. The highest BCUT2D eigenvalue weighted by molar-refractivity contribution is 5.83. The lowest BCUT2D eigenvalue weighted by molar-refractivity contribution is -0.132. The number of hydrogen-bond acceptors (Lipinski definition) is 3. The van der Waals surface area contributed by atoms with Crippen molar-refractivity contribution in [2.45, 2.75) is 12.3 Å². The van der Waals surface area contributed by atoms with E-state index < -0.39 is 0 Å². The third kappa shape index (κ3) is 4.07. The summed E-state index contributed by atoms with van der Waals surface area (Å²) in [7, 11) is 3.05. The molecule has 0 heterocycles. The Hall–Kier alpha value is -2.33. The zero-order valence-corrected chi connectivity index (χ0v) is 12.2. The van der Waals surface area contributed by atoms with Crippen molar-refractivity contribution < 1.29 is 14.4 Å². The number of carbonyl (C=O) groups is 1. The normalized spacial score (nSPS) is 11.7. The number of carbonyl (C=O) groups excluding carboxylic acids is 1. The van der Waals surface area contributed by atoms with Gasteiger partial charge in [-0.3, -0.25) is 9.63 Å². The van der Waals surface area contributed by atoms with Gasteiger partial charge in [-0.2, -0.15) is 0 Å². The Bertz CT molecular complexity index is 584. The number of methoxy groups -OCH3 is 1. The lowest BCUT2D eigenvalue weighted by Crippen LogP contribution is -2.29. The van der Waals surface area contributed by atoms with E-state index in [4.69, 9.17) is 9.57 Å². The minimum atomic E-state index is -0.331. The molecule has 0 aliphatic rings. The summed E-state index contributed by atoms with van der Waals surface area (Å²) in [6.07, 6.45) is 0.600. The third-order valence-electron chi connectivity index (χ3n) is 3.30. The topological polar surface area (TPSA) is 47.6 Å². The number of amides is 1. The van der Waals surface area contributed by atoms with E-state index in [2.05, 4.69) is 5.48 Å². The molecule has 0 saturated heterocycles. The average molecular weight is 285 g/mol. The SMILES string of the molecule is CONC(=O)C(Cc1ccccc1)c1cccc(OC)c1. The number of hydroxylamine groups is 1. The van der Waals surface area contributed by atoms with E-state index in [-0.39, 0.29) is 11.8 Å². The molecule has 0 aliphatic carbocycles. The summed E-state index contributed by atoms with van der Waals surface area (Å²) >= 11 is 0. The van der Waals surface area contributed by atoms with E-state index in [1.807, 2.05) is 54.6 Å². The van der Waals surface area contributed by atoms with Crippen LogP contribution in [0.15, 0.2) is 54.6 Å². The molecule has 4 nitrogen and oxygen atoms in total. The van der Waals surface area contributed by atoms with E-state index in [0.717, 1.165) is 16.9 Å². The molecular weight excluding hydrogens is 266 g/mol. The van der Waals surface area contributed by atoms with Gasteiger partial charge in [-0.05, 0) is 29.7 Å². The highest BCUT2D eigenvalue weighted by atomic mass is 16.6. The summed E-state index contributed by atoms with van der Waals surface area (Å²) in [5.41, 5.74) is 4.41. The van der Waals surface area contributed by atoms with Gasteiger partial charge in [0.2, 0.25) is 0 Å². The largest absolute Gasteiger partial charge is 0.497 e. The lowest BCUT2D eigenvalue weighted by Gasteiger charge is -2.17. The molecule has 0 aliphatic heterocycles. The van der Waals surface area contributed by atoms with Crippen molar-refractivity contribution in [3.63, 3.8) is 0 Å². The van der Waals surface area contributed by atoms with Crippen LogP contribution in [0.4, 0.5) is 0 Å². The fourth-order valence-corrected chi connectivity index (χ4v) is 2.24. The molecule has 0 bridgehead atoms. The van der Waals surface area contributed by atoms with Gasteiger partial charge in [-0.15, -0.1) is 0 Å². The fraction of sp³-hybridized carbons (Fsp3) is 0.235. The number of benzene rings is 2. The van der Waals surface area contributed by atoms with Crippen molar-refractivity contribution in [2.24, 2.45) is 0 Å². The van der Waals surface area contributed by atoms with Crippen LogP contribution >= 0.6 is 0 Å². The van der Waals surface area contributed by atoms with E-state index in [9.17, 15) is 4.79 Å². The Balaban J connectivity index is 2.28. The van der Waals surface area contributed by atoms with Gasteiger partial charge in [0.15, 0.2) is 0 Å². The highest BCUT2D eigenvalue weighted by Crippen LogP contribution is 2.24. The summed E-state index contributed by atoms with van der Waals surface area (Å²) in [6.45, 7) is 0. The number of hydrogen-bond donors (Lipinski definition) is 1. The van der Waals surface area contributed by atoms with Gasteiger partial charge in [0.05, 0.1) is 20.1 Å². The molecule has 21 heavy (non-hydrogen) atoms. The monoisotopic (exact) mass is 285 g/mol. The molecule has 2 rings (SSSR count). The standard InChI is InChI=1S/C17H19NO3/c1-20-15-10-6-9-14(12-15)16(17(19)18-21-2)11-13-7-4-3-5-8-13/h3-10,12,16H,11H2,1-2H3,(H,18,19). The first-order chi connectivity index (χ1) is 10.2. The summed E-state index contributed by atoms with van der Waals surface area (Å²) in [6, 6.07) is 17.4. The van der Waals surface area contributed by atoms with Crippen LogP contribution in [-0.2, 0) is 16.1 Å². The Kier molecular flexibility index (Phi) is 5.35. The van der Waals surface area contributed by atoms with Gasteiger partial charge in [0, 0.05) is 0 Å². The molecule has 1 amide bonds. The second-order valence-corrected chi connectivity index (χ2v) is 4.69. The zero-order chi connectivity index (χ0) is 15.1. The first-order valence-corrected chi connectivity index (χ1v) is 6.75. The van der Waals surface area contributed by atoms with Crippen LogP contribution in [0.2, 0.25) is 0 Å². The van der Waals surface area contributed by atoms with Gasteiger partial charge in [-0.1, -0.05) is 42.5 Å². The minimum Gasteiger partial charge on any atom is -0.497 e. The Morgan fingerprint density at radius 3 is 2.52 bits per heavy atom. The first kappa shape index (κ1) is 15.1. The highest BCUT2D eigenvalue weighted by Gasteiger charge is 2.21. The molecule has 0 saturated carbocycles. The van der Waals surface area contributed by atoms with Gasteiger partial charge < -0.3 is 4.74 Å². The summed E-state index contributed by atoms with van der Waals surface area (Å²) in [4.78, 5) is 17.0. The van der Waals surface area contributed by atoms with Crippen molar-refractivity contribution in [2.75, 3.05) is 14.2 Å². The Labute approximate surface area is 124 Å². The molecule has 1 atom stereocenters. The van der Waals surface area contributed by atoms with Gasteiger partial charge >= 0.3 is 0 Å². The molecule has 4 heteroatoms. The molecule has 0 spiro atoms. The van der Waals surface area contributed by atoms with Crippen LogP contribution in [0.1, 0.15) is 17.0 Å². The van der Waals surface area contributed by atoms with E-state index in [1.54, 1.807) is 7.11 Å². The van der Waals surface area contributed by atoms with Crippen LogP contribution in [0.25, 0.3) is 0 Å². The Morgan fingerprint density at radius 1 is 1.10 bits per heavy atom. The second kappa shape index (κ2) is 7.45. The van der Waals surface area contributed by atoms with E-state index in [0.29, 0.717) is 6.42 Å². The van der Waals surface area contributed by atoms with Crippen molar-refractivity contribution in [3.8, 4) is 5.75 Å². The molecule has 0 radical (unpaired) electrons. The van der Waals surface area contributed by atoms with Crippen LogP contribution in [0, 0.1) is 0 Å². The molecule has 0 fully saturated rings. The average Bonchev–Trinajstić information content (AvgIpc) is 2.54. The predicted octanol–water partition coefficient (Wildman–Crippen LogP) is 2.70. The molecule has 0 aromatic heterocycles. The smallest absolute Gasteiger partial charge is 0.251 e. The second-order valence-electron chi connectivity index (χ2n) is 4.69. The molecule has 2 aromatic rings. The van der Waals surface area contributed by atoms with Crippen LogP contribution in [-0.4, -0.2) is 20.1 Å². The number of ether oxygens (including phenoxy) is 1. The van der Waals surface area contributed by atoms with E-state index >= 15 is 0 Å². The third-order valence-corrected chi connectivity index (χ3v) is 3.30. The summed E-state index contributed by atoms with van der Waals surface area (Å²) in [5.74, 6) is 0.229. The molecule has 1 N–H and O–H groups in total. The molecule has 110 valence electrons. The number of nitrogens with one attached hydrogen (secondary N) is 1.